The van der Waals surface area contributed by atoms with Gasteiger partial charge in [0.2, 0.25) is 0 Å². The molecule has 0 saturated heterocycles. The first-order valence-corrected chi connectivity index (χ1v) is 8.61. The molecule has 0 fully saturated rings. The predicted octanol–water partition coefficient (Wildman–Crippen LogP) is 3.78. The van der Waals surface area contributed by atoms with Crippen molar-refractivity contribution in [1.82, 2.24) is 20.1 Å². The van der Waals surface area contributed by atoms with Crippen molar-refractivity contribution in [3.8, 4) is 0 Å². The molecular weight excluding hydrogens is 348 g/mol. The van der Waals surface area contributed by atoms with Crippen molar-refractivity contribution >= 4 is 27.7 Å². The quantitative estimate of drug-likeness (QED) is 0.842. The number of nitrogens with zero attached hydrogens (tertiary/aromatic N) is 3. The molecular formula is C15H21BrN4S. The Morgan fingerprint density at radius 1 is 1.33 bits per heavy atom. The van der Waals surface area contributed by atoms with E-state index < -0.39 is 0 Å². The first-order chi connectivity index (χ1) is 9.97. The van der Waals surface area contributed by atoms with Gasteiger partial charge in [-0.05, 0) is 48.8 Å². The van der Waals surface area contributed by atoms with Gasteiger partial charge in [-0.2, -0.15) is 0 Å². The molecule has 0 spiro atoms. The second-order valence-electron chi connectivity index (χ2n) is 5.47. The Bertz CT molecular complexity index is 610. The van der Waals surface area contributed by atoms with E-state index in [2.05, 4.69) is 63.5 Å². The highest BCUT2D eigenvalue weighted by Gasteiger charge is 2.11. The summed E-state index contributed by atoms with van der Waals surface area (Å²) >= 11 is 5.20. The van der Waals surface area contributed by atoms with E-state index in [0.717, 1.165) is 28.5 Å². The molecule has 0 aliphatic rings. The van der Waals surface area contributed by atoms with Crippen LogP contribution < -0.4 is 5.32 Å². The highest BCUT2D eigenvalue weighted by atomic mass is 79.9. The van der Waals surface area contributed by atoms with E-state index in [1.54, 1.807) is 11.8 Å². The lowest BCUT2D eigenvalue weighted by Crippen LogP contribution is -2.19. The van der Waals surface area contributed by atoms with Gasteiger partial charge in [0.05, 0.1) is 0 Å². The molecule has 2 rings (SSSR count). The highest BCUT2D eigenvalue weighted by molar-refractivity contribution is 9.10. The van der Waals surface area contributed by atoms with Crippen molar-refractivity contribution in [2.75, 3.05) is 6.54 Å². The second kappa shape index (κ2) is 7.42. The number of aryl methyl sites for hydroxylation is 1. The molecule has 0 amide bonds. The van der Waals surface area contributed by atoms with E-state index in [9.17, 15) is 0 Å². The van der Waals surface area contributed by atoms with Gasteiger partial charge in [0, 0.05) is 23.0 Å². The molecule has 0 radical (unpaired) electrons. The predicted molar refractivity (Wildman–Crippen MR) is 90.5 cm³/mol. The normalized spacial score (nSPS) is 11.3. The molecule has 1 aromatic heterocycles. The molecule has 1 N–H and O–H groups in total. The van der Waals surface area contributed by atoms with Crippen LogP contribution in [0.4, 0.5) is 0 Å². The summed E-state index contributed by atoms with van der Waals surface area (Å²) < 4.78 is 3.09. The van der Waals surface area contributed by atoms with Crippen molar-refractivity contribution in [3.05, 3.63) is 34.1 Å². The van der Waals surface area contributed by atoms with Crippen LogP contribution in [0.15, 0.2) is 32.7 Å². The molecule has 0 atom stereocenters. The number of halogens is 1. The minimum atomic E-state index is 0.651. The van der Waals surface area contributed by atoms with Gasteiger partial charge in [0.1, 0.15) is 5.82 Å². The van der Waals surface area contributed by atoms with Gasteiger partial charge in [-0.3, -0.25) is 0 Å². The zero-order valence-electron chi connectivity index (χ0n) is 12.9. The van der Waals surface area contributed by atoms with E-state index in [0.29, 0.717) is 5.92 Å². The van der Waals surface area contributed by atoms with Crippen LogP contribution in [-0.2, 0) is 13.6 Å². The number of hydrogen-bond donors (Lipinski definition) is 1. The van der Waals surface area contributed by atoms with Crippen molar-refractivity contribution in [1.29, 1.82) is 0 Å². The van der Waals surface area contributed by atoms with Crippen molar-refractivity contribution in [2.45, 2.75) is 37.4 Å². The first kappa shape index (κ1) is 16.5. The molecule has 2 aromatic rings. The summed E-state index contributed by atoms with van der Waals surface area (Å²) in [4.78, 5) is 1.20. The lowest BCUT2D eigenvalue weighted by Gasteiger charge is -2.12. The third-order valence-corrected chi connectivity index (χ3v) is 4.78. The topological polar surface area (TPSA) is 42.7 Å². The minimum Gasteiger partial charge on any atom is -0.312 e. The van der Waals surface area contributed by atoms with Gasteiger partial charge < -0.3 is 9.88 Å². The second-order valence-corrected chi connectivity index (χ2v) is 7.39. The van der Waals surface area contributed by atoms with Crippen LogP contribution in [0.25, 0.3) is 0 Å². The Morgan fingerprint density at radius 3 is 2.71 bits per heavy atom. The van der Waals surface area contributed by atoms with E-state index >= 15 is 0 Å². The van der Waals surface area contributed by atoms with Gasteiger partial charge in [0.15, 0.2) is 5.16 Å². The highest BCUT2D eigenvalue weighted by Crippen LogP contribution is 2.31. The number of benzene rings is 1. The fraction of sp³-hybridized carbons (Fsp3) is 0.467. The lowest BCUT2D eigenvalue weighted by atomic mass is 10.2. The number of rotatable bonds is 6. The van der Waals surface area contributed by atoms with Crippen LogP contribution in [0.2, 0.25) is 0 Å². The minimum absolute atomic E-state index is 0.651. The third-order valence-electron chi connectivity index (χ3n) is 3.15. The molecule has 1 heterocycles. The first-order valence-electron chi connectivity index (χ1n) is 7.00. The fourth-order valence-corrected chi connectivity index (χ4v) is 3.36. The number of nitrogens with one attached hydrogen (secondary N) is 1. The summed E-state index contributed by atoms with van der Waals surface area (Å²) in [5, 5.41) is 12.8. The average Bonchev–Trinajstić information content (AvgIpc) is 2.73. The van der Waals surface area contributed by atoms with E-state index in [-0.39, 0.29) is 0 Å². The summed E-state index contributed by atoms with van der Waals surface area (Å²) in [5.41, 5.74) is 1.28. The van der Waals surface area contributed by atoms with Gasteiger partial charge in [-0.1, -0.05) is 35.8 Å². The fourth-order valence-electron chi connectivity index (χ4n) is 1.84. The van der Waals surface area contributed by atoms with Gasteiger partial charge in [0.25, 0.3) is 0 Å². The average molecular weight is 369 g/mol. The number of hydrogen-bond acceptors (Lipinski definition) is 4. The molecule has 4 nitrogen and oxygen atoms in total. The molecule has 1 aromatic carbocycles. The standard InChI is InChI=1S/C15H21BrN4S/c1-10(2)8-17-9-12-5-6-13(16)7-14(12)21-15-19-18-11(3)20(15)4/h5-7,10,17H,8-9H2,1-4H3. The zero-order chi connectivity index (χ0) is 15.4. The lowest BCUT2D eigenvalue weighted by molar-refractivity contribution is 0.550. The number of aromatic nitrogens is 3. The summed E-state index contributed by atoms with van der Waals surface area (Å²) in [6.45, 7) is 8.27. The zero-order valence-corrected chi connectivity index (χ0v) is 15.3. The van der Waals surface area contributed by atoms with Crippen LogP contribution in [0, 0.1) is 12.8 Å². The summed E-state index contributed by atoms with van der Waals surface area (Å²) in [6, 6.07) is 6.38. The molecule has 0 bridgehead atoms. The maximum absolute atomic E-state index is 4.23. The van der Waals surface area contributed by atoms with E-state index in [1.165, 1.54) is 10.5 Å². The van der Waals surface area contributed by atoms with Crippen LogP contribution in [-0.4, -0.2) is 21.3 Å². The van der Waals surface area contributed by atoms with Crippen molar-refractivity contribution in [2.24, 2.45) is 13.0 Å². The largest absolute Gasteiger partial charge is 0.312 e. The van der Waals surface area contributed by atoms with Gasteiger partial charge >= 0.3 is 0 Å². The Morgan fingerprint density at radius 2 is 2.10 bits per heavy atom. The van der Waals surface area contributed by atoms with Gasteiger partial charge in [-0.25, -0.2) is 0 Å². The van der Waals surface area contributed by atoms with Gasteiger partial charge in [-0.15, -0.1) is 10.2 Å². The SMILES string of the molecule is Cc1nnc(Sc2cc(Br)ccc2CNCC(C)C)n1C. The van der Waals surface area contributed by atoms with Crippen molar-refractivity contribution < 1.29 is 0 Å². The third kappa shape index (κ3) is 4.56. The van der Waals surface area contributed by atoms with E-state index in [1.807, 2.05) is 18.5 Å². The van der Waals surface area contributed by atoms with Crippen LogP contribution >= 0.6 is 27.7 Å². The maximum Gasteiger partial charge on any atom is 0.195 e. The molecule has 0 aliphatic carbocycles. The smallest absolute Gasteiger partial charge is 0.195 e. The maximum atomic E-state index is 4.23. The summed E-state index contributed by atoms with van der Waals surface area (Å²) in [6.07, 6.45) is 0. The Kier molecular flexibility index (Phi) is 5.84. The van der Waals surface area contributed by atoms with E-state index in [4.69, 9.17) is 0 Å². The van der Waals surface area contributed by atoms with Crippen LogP contribution in [0.5, 0.6) is 0 Å². The van der Waals surface area contributed by atoms with Crippen molar-refractivity contribution in [3.63, 3.8) is 0 Å². The Labute approximate surface area is 138 Å². The molecule has 114 valence electrons. The molecule has 21 heavy (non-hydrogen) atoms. The summed E-state index contributed by atoms with van der Waals surface area (Å²) in [5.74, 6) is 1.57. The molecule has 0 unspecified atom stereocenters. The van der Waals surface area contributed by atoms with Crippen LogP contribution in [0.3, 0.4) is 0 Å². The monoisotopic (exact) mass is 368 g/mol. The van der Waals surface area contributed by atoms with Crippen LogP contribution in [0.1, 0.15) is 25.2 Å². The Hall–Kier alpha value is -0.850. The molecule has 6 heteroatoms. The Balaban J connectivity index is 2.17. The summed E-state index contributed by atoms with van der Waals surface area (Å²) in [7, 11) is 1.99. The molecule has 0 aliphatic heterocycles. The molecule has 0 saturated carbocycles.